The molecule has 24 heavy (non-hydrogen) atoms. The molecule has 0 aliphatic heterocycles. The summed E-state index contributed by atoms with van der Waals surface area (Å²) in [5.41, 5.74) is -0.746. The summed E-state index contributed by atoms with van der Waals surface area (Å²) in [6.07, 6.45) is 1.60. The molecular formula is C16H27F2NO4S. The number of alkyl carbamates (subject to hydrolysis) is 1. The third kappa shape index (κ3) is 7.59. The zero-order valence-electron chi connectivity index (χ0n) is 14.9. The number of Topliss-reactive ketones (excluding diaryl/α,β-unsaturated/α-hetero) is 1. The summed E-state index contributed by atoms with van der Waals surface area (Å²) in [6.45, 7) is 5.05. The summed E-state index contributed by atoms with van der Waals surface area (Å²) >= 11 is 0. The quantitative estimate of drug-likeness (QED) is 0.776. The molecular weight excluding hydrogens is 340 g/mol. The van der Waals surface area contributed by atoms with Crippen molar-refractivity contribution in [3.05, 3.63) is 0 Å². The Balaban J connectivity index is 2.94. The molecule has 1 amide bonds. The molecule has 1 fully saturated rings. The van der Waals surface area contributed by atoms with Gasteiger partial charge in [0, 0.05) is 30.7 Å². The average Bonchev–Trinajstić information content (AvgIpc) is 2.32. The normalized spacial score (nSPS) is 20.1. The van der Waals surface area contributed by atoms with Crippen LogP contribution >= 0.6 is 0 Å². The van der Waals surface area contributed by atoms with Crippen LogP contribution < -0.4 is 5.32 Å². The van der Waals surface area contributed by atoms with Crippen LogP contribution in [0.3, 0.4) is 0 Å². The van der Waals surface area contributed by atoms with Crippen LogP contribution in [-0.4, -0.2) is 51.5 Å². The average molecular weight is 367 g/mol. The molecule has 1 rings (SSSR count). The summed E-state index contributed by atoms with van der Waals surface area (Å²) in [4.78, 5) is 24.4. The number of alkyl halides is 2. The van der Waals surface area contributed by atoms with Gasteiger partial charge in [0.05, 0.1) is 6.04 Å². The third-order valence-corrected chi connectivity index (χ3v) is 4.41. The standard InChI is InChI=1S/C16H27F2NO4S/c1-15(2,3)23-14(21)19-13(12(20)10-24(4,5)22)11-6-8-16(17,18)9-7-11/h10-11,13H,6-9H2,1-5H3,(H,19,21)/t13-/m0/s1. The monoisotopic (exact) mass is 367 g/mol. The molecule has 0 unspecified atom stereocenters. The van der Waals surface area contributed by atoms with E-state index in [0.29, 0.717) is 0 Å². The molecule has 8 heteroatoms. The van der Waals surface area contributed by atoms with E-state index in [1.54, 1.807) is 20.8 Å². The molecule has 1 saturated carbocycles. The fraction of sp³-hybridized carbons (Fsp3) is 0.812. The van der Waals surface area contributed by atoms with Gasteiger partial charge in [-0.3, -0.25) is 9.00 Å². The SMILES string of the molecule is CC(C)(C)OC(=O)N[C@H](C(=O)C=S(C)(C)=O)C1CCC(F)(F)CC1. The van der Waals surface area contributed by atoms with Gasteiger partial charge in [-0.15, -0.1) is 0 Å². The van der Waals surface area contributed by atoms with Gasteiger partial charge in [0.15, 0.2) is 5.78 Å². The molecule has 0 aromatic heterocycles. The van der Waals surface area contributed by atoms with Crippen LogP contribution in [0.2, 0.25) is 0 Å². The zero-order chi connectivity index (χ0) is 18.8. The van der Waals surface area contributed by atoms with Crippen molar-refractivity contribution in [3.8, 4) is 0 Å². The Kier molecular flexibility index (Phi) is 6.41. The van der Waals surface area contributed by atoms with E-state index in [0.717, 1.165) is 5.37 Å². The largest absolute Gasteiger partial charge is 0.444 e. The molecule has 0 heterocycles. The Bertz CT molecular complexity index is 586. The summed E-state index contributed by atoms with van der Waals surface area (Å²) < 4.78 is 43.7. The van der Waals surface area contributed by atoms with E-state index in [2.05, 4.69) is 5.32 Å². The highest BCUT2D eigenvalue weighted by Gasteiger charge is 2.40. The van der Waals surface area contributed by atoms with Crippen LogP contribution in [-0.2, 0) is 19.1 Å². The second kappa shape index (κ2) is 7.37. The van der Waals surface area contributed by atoms with Crippen molar-refractivity contribution in [3.63, 3.8) is 0 Å². The number of carbonyl (C=O) groups excluding carboxylic acids is 2. The van der Waals surface area contributed by atoms with Gasteiger partial charge in [-0.25, -0.2) is 13.6 Å². The molecule has 0 saturated heterocycles. The molecule has 5 nitrogen and oxygen atoms in total. The Labute approximate surface area is 142 Å². The number of hydrogen-bond donors (Lipinski definition) is 1. The minimum Gasteiger partial charge on any atom is -0.444 e. The molecule has 1 aliphatic rings. The van der Waals surface area contributed by atoms with Crippen molar-refractivity contribution in [1.29, 1.82) is 0 Å². The number of amides is 1. The number of ketones is 1. The number of hydrogen-bond acceptors (Lipinski definition) is 4. The Morgan fingerprint density at radius 1 is 1.25 bits per heavy atom. The van der Waals surface area contributed by atoms with Crippen molar-refractivity contribution in [2.24, 2.45) is 5.92 Å². The lowest BCUT2D eigenvalue weighted by Gasteiger charge is -2.33. The van der Waals surface area contributed by atoms with E-state index in [4.69, 9.17) is 4.74 Å². The van der Waals surface area contributed by atoms with Gasteiger partial charge in [0.25, 0.3) is 0 Å². The third-order valence-electron chi connectivity index (χ3n) is 3.61. The molecule has 140 valence electrons. The van der Waals surface area contributed by atoms with Crippen molar-refractivity contribution in [2.45, 2.75) is 64.0 Å². The lowest BCUT2D eigenvalue weighted by atomic mass is 9.81. The summed E-state index contributed by atoms with van der Waals surface area (Å²) in [7, 11) is -2.47. The van der Waals surface area contributed by atoms with Crippen LogP contribution in [0.25, 0.3) is 0 Å². The topological polar surface area (TPSA) is 72.5 Å². The van der Waals surface area contributed by atoms with E-state index in [1.165, 1.54) is 12.5 Å². The molecule has 1 N–H and O–H groups in total. The van der Waals surface area contributed by atoms with E-state index < -0.39 is 44.9 Å². The minimum absolute atomic E-state index is 0.113. The fourth-order valence-corrected chi connectivity index (χ4v) is 3.31. The van der Waals surface area contributed by atoms with Crippen LogP contribution in [0.1, 0.15) is 46.5 Å². The van der Waals surface area contributed by atoms with Crippen LogP contribution in [0, 0.1) is 5.92 Å². The number of rotatable bonds is 4. The van der Waals surface area contributed by atoms with Crippen LogP contribution in [0.5, 0.6) is 0 Å². The lowest BCUT2D eigenvalue weighted by Crippen LogP contribution is -2.50. The molecule has 0 radical (unpaired) electrons. The van der Waals surface area contributed by atoms with E-state index >= 15 is 0 Å². The van der Waals surface area contributed by atoms with E-state index in [1.807, 2.05) is 0 Å². The second-order valence-electron chi connectivity index (χ2n) is 7.65. The van der Waals surface area contributed by atoms with Crippen LogP contribution in [0.4, 0.5) is 13.6 Å². The highest BCUT2D eigenvalue weighted by atomic mass is 32.2. The first-order valence-electron chi connectivity index (χ1n) is 7.89. The van der Waals surface area contributed by atoms with Gasteiger partial charge < -0.3 is 10.1 Å². The first-order chi connectivity index (χ1) is 10.7. The molecule has 0 bridgehead atoms. The number of carbonyl (C=O) groups is 2. The first kappa shape index (κ1) is 20.9. The zero-order valence-corrected chi connectivity index (χ0v) is 15.7. The van der Waals surface area contributed by atoms with Gasteiger partial charge in [-0.05, 0) is 49.1 Å². The number of ether oxygens (including phenoxy) is 1. The van der Waals surface area contributed by atoms with Crippen LogP contribution in [0.15, 0.2) is 0 Å². The second-order valence-corrected chi connectivity index (χ2v) is 10.5. The minimum atomic E-state index is -2.73. The summed E-state index contributed by atoms with van der Waals surface area (Å²) in [5, 5.41) is 3.55. The molecule has 1 atom stereocenters. The Hall–Kier alpha value is -1.18. The summed E-state index contributed by atoms with van der Waals surface area (Å²) in [6, 6.07) is -1.00. The Morgan fingerprint density at radius 2 is 1.75 bits per heavy atom. The first-order valence-corrected chi connectivity index (χ1v) is 10.3. The maximum atomic E-state index is 13.3. The Morgan fingerprint density at radius 3 is 2.17 bits per heavy atom. The van der Waals surface area contributed by atoms with Gasteiger partial charge in [-0.2, -0.15) is 0 Å². The lowest BCUT2D eigenvalue weighted by molar-refractivity contribution is -0.117. The van der Waals surface area contributed by atoms with E-state index in [9.17, 15) is 22.6 Å². The number of halogens is 2. The van der Waals surface area contributed by atoms with Gasteiger partial charge >= 0.3 is 6.09 Å². The fourth-order valence-electron chi connectivity index (χ4n) is 2.60. The summed E-state index contributed by atoms with van der Waals surface area (Å²) in [5.74, 6) is -3.68. The maximum absolute atomic E-state index is 13.3. The van der Waals surface area contributed by atoms with Gasteiger partial charge in [-0.1, -0.05) is 0 Å². The van der Waals surface area contributed by atoms with Crippen molar-refractivity contribution in [1.82, 2.24) is 5.32 Å². The van der Waals surface area contributed by atoms with Crippen molar-refractivity contribution >= 4 is 26.8 Å². The maximum Gasteiger partial charge on any atom is 0.408 e. The highest BCUT2D eigenvalue weighted by Crippen LogP contribution is 2.37. The van der Waals surface area contributed by atoms with Crippen molar-refractivity contribution < 1.29 is 27.3 Å². The number of nitrogens with one attached hydrogen (secondary N) is 1. The van der Waals surface area contributed by atoms with Gasteiger partial charge in [0.1, 0.15) is 5.60 Å². The van der Waals surface area contributed by atoms with Crippen molar-refractivity contribution in [2.75, 3.05) is 12.5 Å². The molecule has 0 spiro atoms. The van der Waals surface area contributed by atoms with E-state index in [-0.39, 0.29) is 25.7 Å². The predicted molar refractivity (Wildman–Crippen MR) is 91.1 cm³/mol. The van der Waals surface area contributed by atoms with Gasteiger partial charge in [0.2, 0.25) is 5.92 Å². The molecule has 0 aromatic rings. The smallest absolute Gasteiger partial charge is 0.408 e. The molecule has 0 aromatic carbocycles. The highest BCUT2D eigenvalue weighted by molar-refractivity contribution is 8.01. The predicted octanol–water partition coefficient (Wildman–Crippen LogP) is 2.62. The molecule has 1 aliphatic carbocycles.